The molecule has 4 rings (SSSR count). The van der Waals surface area contributed by atoms with E-state index in [-0.39, 0.29) is 35.9 Å². The number of hydrogen-bond acceptors (Lipinski definition) is 5. The maximum atomic E-state index is 13.3. The molecule has 8 nitrogen and oxygen atoms in total. The van der Waals surface area contributed by atoms with Crippen LogP contribution in [0.2, 0.25) is 0 Å². The fourth-order valence-electron chi connectivity index (χ4n) is 3.39. The molecule has 3 aromatic rings. The maximum absolute atomic E-state index is 13.3. The van der Waals surface area contributed by atoms with Gasteiger partial charge in [-0.05, 0) is 17.7 Å². The number of morpholine rings is 1. The zero-order valence-corrected chi connectivity index (χ0v) is 20.3. The lowest BCUT2D eigenvalue weighted by molar-refractivity contribution is -0.00805. The first-order valence-electron chi connectivity index (χ1n) is 10.0. The monoisotopic (exact) mass is 552 g/mol. The molecule has 170 valence electrons. The van der Waals surface area contributed by atoms with Crippen LogP contribution in [0, 0.1) is 5.82 Å². The highest BCUT2D eigenvalue weighted by Gasteiger charge is 2.25. The topological polar surface area (TPSA) is 76.8 Å². The van der Waals surface area contributed by atoms with Crippen LogP contribution in [0.4, 0.5) is 4.39 Å². The number of aliphatic imine (C=N–C) groups is 1. The van der Waals surface area contributed by atoms with Crippen LogP contribution >= 0.6 is 24.0 Å². The average Bonchev–Trinajstić information content (AvgIpc) is 3.22. The van der Waals surface area contributed by atoms with Crippen LogP contribution in [-0.2, 0) is 18.3 Å². The van der Waals surface area contributed by atoms with Crippen molar-refractivity contribution in [2.75, 3.05) is 26.7 Å². The summed E-state index contributed by atoms with van der Waals surface area (Å²) in [6.45, 7) is 2.64. The molecule has 1 atom stereocenters. The van der Waals surface area contributed by atoms with Crippen molar-refractivity contribution in [1.29, 1.82) is 0 Å². The average molecular weight is 552 g/mol. The number of nitrogens with zero attached hydrogens (tertiary/aromatic N) is 5. The van der Waals surface area contributed by atoms with Crippen molar-refractivity contribution in [3.8, 4) is 11.6 Å². The summed E-state index contributed by atoms with van der Waals surface area (Å²) in [6.07, 6.45) is 5.50. The summed E-state index contributed by atoms with van der Waals surface area (Å²) in [5, 5.41) is 7.61. The molecule has 10 heteroatoms. The van der Waals surface area contributed by atoms with Gasteiger partial charge in [0, 0.05) is 57.3 Å². The molecule has 1 aliphatic rings. The van der Waals surface area contributed by atoms with Crippen LogP contribution in [0.25, 0.3) is 0 Å². The standard InChI is InChI=1S/C22H25FN6O2.HI/c1-24-22(29-8-9-30-20(15-29)17-13-27-28(2)14-17)26-12-16-6-7-21(25-11-16)31-19-5-3-4-18(23)10-19;/h3-7,10-11,13-14,20H,8-9,12,15H2,1-2H3,(H,24,26);1H. The van der Waals surface area contributed by atoms with E-state index < -0.39 is 0 Å². The van der Waals surface area contributed by atoms with E-state index in [9.17, 15) is 4.39 Å². The summed E-state index contributed by atoms with van der Waals surface area (Å²) in [6, 6.07) is 9.65. The SMILES string of the molecule is CN=C(NCc1ccc(Oc2cccc(F)c2)nc1)N1CCOC(c2cnn(C)c2)C1.I. The summed E-state index contributed by atoms with van der Waals surface area (Å²) in [4.78, 5) is 10.9. The van der Waals surface area contributed by atoms with Crippen LogP contribution < -0.4 is 10.1 Å². The fourth-order valence-corrected chi connectivity index (χ4v) is 3.39. The zero-order valence-electron chi connectivity index (χ0n) is 17.9. The van der Waals surface area contributed by atoms with Crippen molar-refractivity contribution >= 4 is 29.9 Å². The number of pyridine rings is 1. The second kappa shape index (κ2) is 11.2. The van der Waals surface area contributed by atoms with Gasteiger partial charge in [0.1, 0.15) is 17.7 Å². The van der Waals surface area contributed by atoms with Gasteiger partial charge in [-0.3, -0.25) is 9.67 Å². The minimum Gasteiger partial charge on any atom is -0.439 e. The molecule has 0 radical (unpaired) electrons. The quantitative estimate of drug-likeness (QED) is 0.297. The van der Waals surface area contributed by atoms with E-state index >= 15 is 0 Å². The number of benzene rings is 1. The number of aromatic nitrogens is 3. The fraction of sp³-hybridized carbons (Fsp3) is 0.318. The van der Waals surface area contributed by atoms with E-state index in [4.69, 9.17) is 9.47 Å². The highest BCUT2D eigenvalue weighted by Crippen LogP contribution is 2.22. The zero-order chi connectivity index (χ0) is 21.6. The molecule has 1 fully saturated rings. The molecular formula is C22H26FIN6O2. The Morgan fingerprint density at radius 1 is 1.31 bits per heavy atom. The van der Waals surface area contributed by atoms with Crippen LogP contribution in [0.5, 0.6) is 11.6 Å². The van der Waals surface area contributed by atoms with Crippen LogP contribution in [-0.4, -0.2) is 52.4 Å². The van der Waals surface area contributed by atoms with E-state index in [1.807, 2.05) is 25.5 Å². The van der Waals surface area contributed by atoms with E-state index in [2.05, 4.69) is 25.3 Å². The molecule has 0 aliphatic carbocycles. The Bertz CT molecular complexity index is 1040. The predicted octanol–water partition coefficient (Wildman–Crippen LogP) is 3.51. The Labute approximate surface area is 203 Å². The predicted molar refractivity (Wildman–Crippen MR) is 130 cm³/mol. The minimum absolute atomic E-state index is 0. The van der Waals surface area contributed by atoms with Gasteiger partial charge in [0.2, 0.25) is 5.88 Å². The molecule has 1 saturated heterocycles. The second-order valence-electron chi connectivity index (χ2n) is 7.22. The number of aryl methyl sites for hydroxylation is 1. The first kappa shape index (κ1) is 23.9. The van der Waals surface area contributed by atoms with Crippen molar-refractivity contribution in [2.45, 2.75) is 12.6 Å². The van der Waals surface area contributed by atoms with Crippen molar-refractivity contribution < 1.29 is 13.9 Å². The molecule has 1 aromatic carbocycles. The number of halogens is 2. The number of nitrogens with one attached hydrogen (secondary N) is 1. The lowest BCUT2D eigenvalue weighted by atomic mass is 10.1. The largest absolute Gasteiger partial charge is 0.439 e. The van der Waals surface area contributed by atoms with Crippen molar-refractivity contribution in [1.82, 2.24) is 25.0 Å². The van der Waals surface area contributed by atoms with Crippen molar-refractivity contribution in [2.24, 2.45) is 12.0 Å². The van der Waals surface area contributed by atoms with Crippen molar-refractivity contribution in [3.63, 3.8) is 0 Å². The van der Waals surface area contributed by atoms with Gasteiger partial charge in [0.05, 0.1) is 19.3 Å². The molecule has 2 aromatic heterocycles. The van der Waals surface area contributed by atoms with Gasteiger partial charge in [-0.2, -0.15) is 5.10 Å². The van der Waals surface area contributed by atoms with Crippen molar-refractivity contribution in [3.05, 3.63) is 71.9 Å². The Kier molecular flexibility index (Phi) is 8.39. The molecule has 3 heterocycles. The Morgan fingerprint density at radius 2 is 2.19 bits per heavy atom. The summed E-state index contributed by atoms with van der Waals surface area (Å²) in [7, 11) is 3.66. The van der Waals surface area contributed by atoms with E-state index in [1.165, 1.54) is 12.1 Å². The highest BCUT2D eigenvalue weighted by molar-refractivity contribution is 14.0. The molecule has 32 heavy (non-hydrogen) atoms. The molecular weight excluding hydrogens is 526 g/mol. The number of ether oxygens (including phenoxy) is 2. The first-order chi connectivity index (χ1) is 15.1. The second-order valence-corrected chi connectivity index (χ2v) is 7.22. The Hall–Kier alpha value is -2.73. The van der Waals surface area contributed by atoms with Gasteiger partial charge in [0.15, 0.2) is 5.96 Å². The van der Waals surface area contributed by atoms with Gasteiger partial charge < -0.3 is 19.7 Å². The highest BCUT2D eigenvalue weighted by atomic mass is 127. The third kappa shape index (κ3) is 6.16. The minimum atomic E-state index is -0.349. The maximum Gasteiger partial charge on any atom is 0.219 e. The number of hydrogen-bond donors (Lipinski definition) is 1. The van der Waals surface area contributed by atoms with E-state index in [0.717, 1.165) is 23.6 Å². The lowest BCUT2D eigenvalue weighted by Crippen LogP contribution is -2.47. The number of rotatable bonds is 5. The molecule has 0 spiro atoms. The van der Waals surface area contributed by atoms with E-state index in [1.54, 1.807) is 36.1 Å². The Morgan fingerprint density at radius 3 is 2.88 bits per heavy atom. The smallest absolute Gasteiger partial charge is 0.219 e. The summed E-state index contributed by atoms with van der Waals surface area (Å²) < 4.78 is 26.6. The first-order valence-corrected chi connectivity index (χ1v) is 10.0. The van der Waals surface area contributed by atoms with Gasteiger partial charge in [0.25, 0.3) is 0 Å². The molecule has 0 bridgehead atoms. The molecule has 1 N–H and O–H groups in total. The summed E-state index contributed by atoms with van der Waals surface area (Å²) >= 11 is 0. The third-order valence-electron chi connectivity index (χ3n) is 4.94. The Balaban J connectivity index is 0.00000289. The molecule has 1 aliphatic heterocycles. The molecule has 0 amide bonds. The van der Waals surface area contributed by atoms with Gasteiger partial charge in [-0.15, -0.1) is 24.0 Å². The van der Waals surface area contributed by atoms with E-state index in [0.29, 0.717) is 31.3 Å². The van der Waals surface area contributed by atoms with Gasteiger partial charge in [-0.25, -0.2) is 9.37 Å². The lowest BCUT2D eigenvalue weighted by Gasteiger charge is -2.34. The van der Waals surface area contributed by atoms with Crippen LogP contribution in [0.1, 0.15) is 17.2 Å². The summed E-state index contributed by atoms with van der Waals surface area (Å²) in [5.41, 5.74) is 2.03. The third-order valence-corrected chi connectivity index (χ3v) is 4.94. The normalized spacial score (nSPS) is 16.4. The van der Waals surface area contributed by atoms with Gasteiger partial charge in [-0.1, -0.05) is 12.1 Å². The van der Waals surface area contributed by atoms with Gasteiger partial charge >= 0.3 is 0 Å². The van der Waals surface area contributed by atoms with Crippen LogP contribution in [0.3, 0.4) is 0 Å². The molecule has 0 saturated carbocycles. The summed E-state index contributed by atoms with van der Waals surface area (Å²) in [5.74, 6) is 1.27. The number of guanidine groups is 1. The van der Waals surface area contributed by atoms with Crippen LogP contribution in [0.15, 0.2) is 60.0 Å². The molecule has 1 unspecified atom stereocenters.